The van der Waals surface area contributed by atoms with Crippen molar-refractivity contribution in [2.75, 3.05) is 26.1 Å². The lowest BCUT2D eigenvalue weighted by atomic mass is 10.2. The monoisotopic (exact) mass is 279 g/mol. The van der Waals surface area contributed by atoms with Crippen LogP contribution in [0.3, 0.4) is 0 Å². The Labute approximate surface area is 116 Å². The van der Waals surface area contributed by atoms with Gasteiger partial charge in [0.25, 0.3) is 0 Å². The molecule has 19 heavy (non-hydrogen) atoms. The van der Waals surface area contributed by atoms with Crippen molar-refractivity contribution >= 4 is 17.0 Å². The van der Waals surface area contributed by atoms with Gasteiger partial charge in [0.05, 0.1) is 19.9 Å². The number of aliphatic hydroxyl groups excluding tert-OH is 1. The highest BCUT2D eigenvalue weighted by Crippen LogP contribution is 2.29. The summed E-state index contributed by atoms with van der Waals surface area (Å²) >= 11 is 1.54. The Kier molecular flexibility index (Phi) is 4.65. The first kappa shape index (κ1) is 13.7. The van der Waals surface area contributed by atoms with Gasteiger partial charge in [-0.3, -0.25) is 0 Å². The van der Waals surface area contributed by atoms with Crippen LogP contribution < -0.4 is 14.8 Å². The number of thiophene rings is 1. The third-order valence-corrected chi connectivity index (χ3v) is 3.74. The second-order valence-corrected chi connectivity index (χ2v) is 4.96. The van der Waals surface area contributed by atoms with Gasteiger partial charge in [-0.15, -0.1) is 11.3 Å². The average molecular weight is 279 g/mol. The number of rotatable bonds is 6. The molecule has 0 aliphatic carbocycles. The fourth-order valence-corrected chi connectivity index (χ4v) is 2.45. The highest BCUT2D eigenvalue weighted by Gasteiger charge is 2.10. The molecule has 4 nitrogen and oxygen atoms in total. The van der Waals surface area contributed by atoms with Crippen LogP contribution >= 0.6 is 11.3 Å². The van der Waals surface area contributed by atoms with Gasteiger partial charge in [-0.1, -0.05) is 6.07 Å². The first-order valence-corrected chi connectivity index (χ1v) is 6.80. The third kappa shape index (κ3) is 3.39. The molecule has 0 spiro atoms. The van der Waals surface area contributed by atoms with E-state index in [4.69, 9.17) is 9.47 Å². The number of anilines is 1. The number of methoxy groups -OCH3 is 2. The Hall–Kier alpha value is -1.72. The van der Waals surface area contributed by atoms with Crippen LogP contribution in [0.4, 0.5) is 5.69 Å². The molecule has 0 aliphatic rings. The second kappa shape index (κ2) is 6.45. The number of benzene rings is 1. The summed E-state index contributed by atoms with van der Waals surface area (Å²) in [7, 11) is 3.23. The van der Waals surface area contributed by atoms with E-state index in [0.29, 0.717) is 6.54 Å². The van der Waals surface area contributed by atoms with Crippen molar-refractivity contribution < 1.29 is 14.6 Å². The van der Waals surface area contributed by atoms with Crippen LogP contribution in [0.25, 0.3) is 0 Å². The van der Waals surface area contributed by atoms with Crippen LogP contribution in [0.2, 0.25) is 0 Å². The first-order valence-electron chi connectivity index (χ1n) is 5.92. The van der Waals surface area contributed by atoms with Gasteiger partial charge >= 0.3 is 0 Å². The maximum Gasteiger partial charge on any atom is 0.142 e. The highest BCUT2D eigenvalue weighted by atomic mass is 32.1. The van der Waals surface area contributed by atoms with Crippen LogP contribution in [0.15, 0.2) is 35.7 Å². The molecule has 1 aromatic heterocycles. The molecule has 0 saturated heterocycles. The van der Waals surface area contributed by atoms with Gasteiger partial charge in [-0.05, 0) is 23.6 Å². The van der Waals surface area contributed by atoms with Crippen LogP contribution in [0, 0.1) is 0 Å². The van der Waals surface area contributed by atoms with Crippen molar-refractivity contribution in [1.82, 2.24) is 0 Å². The minimum absolute atomic E-state index is 0.421. The zero-order chi connectivity index (χ0) is 13.7. The van der Waals surface area contributed by atoms with Crippen LogP contribution in [-0.2, 0) is 0 Å². The maximum atomic E-state index is 10.0. The van der Waals surface area contributed by atoms with Crippen molar-refractivity contribution in [2.45, 2.75) is 6.10 Å². The fraction of sp³-hybridized carbons (Fsp3) is 0.286. The lowest BCUT2D eigenvalue weighted by molar-refractivity contribution is 0.195. The topological polar surface area (TPSA) is 50.7 Å². The Morgan fingerprint density at radius 3 is 2.74 bits per heavy atom. The Bertz CT molecular complexity index is 513. The molecule has 0 fully saturated rings. The summed E-state index contributed by atoms with van der Waals surface area (Å²) in [4.78, 5) is 0.939. The van der Waals surface area contributed by atoms with Gasteiger partial charge in [0, 0.05) is 17.5 Å². The number of hydrogen-bond donors (Lipinski definition) is 2. The zero-order valence-corrected chi connectivity index (χ0v) is 11.7. The standard InChI is InChI=1S/C14H17NO3S/c1-17-10-5-6-13(18-2)11(8-10)15-9-12(16)14-4-3-7-19-14/h3-8,12,15-16H,9H2,1-2H3. The molecular weight excluding hydrogens is 262 g/mol. The molecule has 1 atom stereocenters. The molecule has 102 valence electrons. The molecule has 5 heteroatoms. The summed E-state index contributed by atoms with van der Waals surface area (Å²) in [5.74, 6) is 1.47. The molecule has 2 rings (SSSR count). The van der Waals surface area contributed by atoms with E-state index in [1.165, 1.54) is 11.3 Å². The van der Waals surface area contributed by atoms with E-state index in [2.05, 4.69) is 5.32 Å². The summed E-state index contributed by atoms with van der Waals surface area (Å²) < 4.78 is 10.4. The molecule has 1 unspecified atom stereocenters. The quantitative estimate of drug-likeness (QED) is 0.853. The van der Waals surface area contributed by atoms with E-state index in [9.17, 15) is 5.11 Å². The number of nitrogens with one attached hydrogen (secondary N) is 1. The second-order valence-electron chi connectivity index (χ2n) is 3.98. The Morgan fingerprint density at radius 1 is 1.26 bits per heavy atom. The largest absolute Gasteiger partial charge is 0.497 e. The Balaban J connectivity index is 2.05. The zero-order valence-electron chi connectivity index (χ0n) is 10.9. The van der Waals surface area contributed by atoms with Crippen molar-refractivity contribution in [3.05, 3.63) is 40.6 Å². The predicted molar refractivity (Wildman–Crippen MR) is 77.3 cm³/mol. The summed E-state index contributed by atoms with van der Waals surface area (Å²) in [6, 6.07) is 9.35. The number of ether oxygens (including phenoxy) is 2. The molecule has 0 saturated carbocycles. The highest BCUT2D eigenvalue weighted by molar-refractivity contribution is 7.10. The van der Waals surface area contributed by atoms with Gasteiger partial charge in [0.2, 0.25) is 0 Å². The fourth-order valence-electron chi connectivity index (χ4n) is 1.74. The van der Waals surface area contributed by atoms with E-state index in [0.717, 1.165) is 22.1 Å². The maximum absolute atomic E-state index is 10.0. The Morgan fingerprint density at radius 2 is 2.11 bits per heavy atom. The molecule has 0 amide bonds. The molecule has 0 aliphatic heterocycles. The summed E-state index contributed by atoms with van der Waals surface area (Å²) in [6.07, 6.45) is -0.532. The van der Waals surface area contributed by atoms with Crippen LogP contribution in [0.5, 0.6) is 11.5 Å². The summed E-state index contributed by atoms with van der Waals surface area (Å²) in [6.45, 7) is 0.421. The van der Waals surface area contributed by atoms with Gasteiger partial charge in [-0.25, -0.2) is 0 Å². The molecule has 1 heterocycles. The van der Waals surface area contributed by atoms with E-state index >= 15 is 0 Å². The molecule has 0 radical (unpaired) electrons. The van der Waals surface area contributed by atoms with Crippen molar-refractivity contribution in [1.29, 1.82) is 0 Å². The lowest BCUT2D eigenvalue weighted by Gasteiger charge is -2.15. The smallest absolute Gasteiger partial charge is 0.142 e. The molecule has 2 aromatic rings. The van der Waals surface area contributed by atoms with Crippen LogP contribution in [0.1, 0.15) is 11.0 Å². The number of aliphatic hydroxyl groups is 1. The van der Waals surface area contributed by atoms with Gasteiger partial charge < -0.3 is 19.9 Å². The van der Waals surface area contributed by atoms with Gasteiger partial charge in [0.15, 0.2) is 0 Å². The SMILES string of the molecule is COc1ccc(OC)c(NCC(O)c2cccs2)c1. The van der Waals surface area contributed by atoms with Crippen molar-refractivity contribution in [2.24, 2.45) is 0 Å². The van der Waals surface area contributed by atoms with Crippen molar-refractivity contribution in [3.8, 4) is 11.5 Å². The molecule has 2 N–H and O–H groups in total. The lowest BCUT2D eigenvalue weighted by Crippen LogP contribution is -2.11. The summed E-state index contributed by atoms with van der Waals surface area (Å²) in [5.41, 5.74) is 0.803. The average Bonchev–Trinajstić information content (AvgIpc) is 2.98. The molecular formula is C14H17NO3S. The van der Waals surface area contributed by atoms with E-state index in [-0.39, 0.29) is 0 Å². The first-order chi connectivity index (χ1) is 9.24. The van der Waals surface area contributed by atoms with Crippen molar-refractivity contribution in [3.63, 3.8) is 0 Å². The molecule has 1 aromatic carbocycles. The van der Waals surface area contributed by atoms with E-state index < -0.39 is 6.10 Å². The predicted octanol–water partition coefficient (Wildman–Crippen LogP) is 2.91. The summed E-state index contributed by atoms with van der Waals surface area (Å²) in [5, 5.41) is 15.2. The normalized spacial score (nSPS) is 11.9. The number of hydrogen-bond acceptors (Lipinski definition) is 5. The minimum atomic E-state index is -0.532. The third-order valence-electron chi connectivity index (χ3n) is 2.76. The van der Waals surface area contributed by atoms with Gasteiger partial charge in [-0.2, -0.15) is 0 Å². The van der Waals surface area contributed by atoms with E-state index in [1.807, 2.05) is 35.7 Å². The van der Waals surface area contributed by atoms with E-state index in [1.54, 1.807) is 14.2 Å². The molecule has 0 bridgehead atoms. The van der Waals surface area contributed by atoms with Crippen LogP contribution in [-0.4, -0.2) is 25.9 Å². The van der Waals surface area contributed by atoms with Gasteiger partial charge in [0.1, 0.15) is 17.6 Å². The minimum Gasteiger partial charge on any atom is -0.497 e.